The molecule has 1 amide bonds. The number of sulfonamides is 1. The van der Waals surface area contributed by atoms with Gasteiger partial charge in [0.15, 0.2) is 0 Å². The normalized spacial score (nSPS) is 17.5. The van der Waals surface area contributed by atoms with Gasteiger partial charge in [0.25, 0.3) is 0 Å². The van der Waals surface area contributed by atoms with E-state index in [4.69, 9.17) is 0 Å². The summed E-state index contributed by atoms with van der Waals surface area (Å²) < 4.78 is 29.0. The minimum absolute atomic E-state index is 0.149. The third-order valence-corrected chi connectivity index (χ3v) is 7.32. The van der Waals surface area contributed by atoms with Crippen molar-refractivity contribution >= 4 is 21.6 Å². The summed E-state index contributed by atoms with van der Waals surface area (Å²) in [6.45, 7) is 8.44. The Kier molecular flexibility index (Phi) is 6.22. The number of anilines is 1. The molecule has 0 saturated carbocycles. The van der Waals surface area contributed by atoms with Crippen LogP contribution >= 0.6 is 0 Å². The highest BCUT2D eigenvalue weighted by Crippen LogP contribution is 2.25. The van der Waals surface area contributed by atoms with Crippen LogP contribution in [0.3, 0.4) is 0 Å². The Hall–Kier alpha value is -2.16. The summed E-state index contributed by atoms with van der Waals surface area (Å²) in [4.78, 5) is 14.9. The Bertz CT molecular complexity index is 934. The number of nitrogens with one attached hydrogen (secondary N) is 1. The van der Waals surface area contributed by atoms with Crippen LogP contribution in [-0.4, -0.2) is 54.3 Å². The van der Waals surface area contributed by atoms with Crippen molar-refractivity contribution in [2.45, 2.75) is 38.3 Å². The van der Waals surface area contributed by atoms with Gasteiger partial charge in [0.2, 0.25) is 15.9 Å². The third kappa shape index (κ3) is 4.14. The highest BCUT2D eigenvalue weighted by molar-refractivity contribution is 7.89. The lowest BCUT2D eigenvalue weighted by Crippen LogP contribution is -2.41. The highest BCUT2D eigenvalue weighted by atomic mass is 32.2. The lowest BCUT2D eigenvalue weighted by atomic mass is 10.1. The highest BCUT2D eigenvalue weighted by Gasteiger charge is 2.25. The molecular formula is C20H28N4O3S. The summed E-state index contributed by atoms with van der Waals surface area (Å²) in [5.74, 6) is -0.149. The molecule has 1 aliphatic rings. The average Bonchev–Trinajstić information content (AvgIpc) is 3.14. The SMILES string of the molecule is CCN(CC)S(=O)(=O)c1cccc(NC(=O)CN2CCn3cccc3C2C)c1. The summed E-state index contributed by atoms with van der Waals surface area (Å²) in [5.41, 5.74) is 1.69. The summed E-state index contributed by atoms with van der Waals surface area (Å²) in [5, 5.41) is 2.84. The number of benzene rings is 1. The molecule has 7 nitrogen and oxygen atoms in total. The first kappa shape index (κ1) is 20.6. The quantitative estimate of drug-likeness (QED) is 0.770. The van der Waals surface area contributed by atoms with Crippen molar-refractivity contribution in [3.05, 3.63) is 48.3 Å². The Morgan fingerprint density at radius 2 is 1.93 bits per heavy atom. The van der Waals surface area contributed by atoms with Crippen LogP contribution in [0.2, 0.25) is 0 Å². The van der Waals surface area contributed by atoms with Crippen LogP contribution in [0.1, 0.15) is 32.5 Å². The second-order valence-corrected chi connectivity index (χ2v) is 8.88. The second-order valence-electron chi connectivity index (χ2n) is 6.94. The molecule has 0 fully saturated rings. The van der Waals surface area contributed by atoms with E-state index in [9.17, 15) is 13.2 Å². The molecule has 0 spiro atoms. The minimum atomic E-state index is -3.55. The van der Waals surface area contributed by atoms with Gasteiger partial charge >= 0.3 is 0 Å². The van der Waals surface area contributed by atoms with E-state index in [0.29, 0.717) is 18.8 Å². The first-order valence-electron chi connectivity index (χ1n) is 9.66. The fraction of sp³-hybridized carbons (Fsp3) is 0.450. The van der Waals surface area contributed by atoms with Crippen molar-refractivity contribution < 1.29 is 13.2 Å². The van der Waals surface area contributed by atoms with E-state index in [1.54, 1.807) is 18.2 Å². The van der Waals surface area contributed by atoms with Crippen molar-refractivity contribution in [1.29, 1.82) is 0 Å². The number of carbonyl (C=O) groups is 1. The van der Waals surface area contributed by atoms with Crippen LogP contribution in [-0.2, 0) is 21.4 Å². The van der Waals surface area contributed by atoms with Crippen molar-refractivity contribution in [3.8, 4) is 0 Å². The van der Waals surface area contributed by atoms with E-state index < -0.39 is 10.0 Å². The number of amides is 1. The van der Waals surface area contributed by atoms with Crippen LogP contribution in [0.25, 0.3) is 0 Å². The zero-order valence-electron chi connectivity index (χ0n) is 16.6. The number of hydrogen-bond acceptors (Lipinski definition) is 4. The van der Waals surface area contributed by atoms with Gasteiger partial charge in [0.05, 0.1) is 11.4 Å². The summed E-state index contributed by atoms with van der Waals surface area (Å²) in [7, 11) is -3.55. The van der Waals surface area contributed by atoms with Gasteiger partial charge in [-0.3, -0.25) is 9.69 Å². The molecular weight excluding hydrogens is 376 g/mol. The molecule has 1 atom stereocenters. The lowest BCUT2D eigenvalue weighted by Gasteiger charge is -2.34. The molecule has 2 heterocycles. The van der Waals surface area contributed by atoms with Crippen molar-refractivity contribution in [2.24, 2.45) is 0 Å². The number of rotatable bonds is 7. The molecule has 8 heteroatoms. The number of nitrogens with zero attached hydrogens (tertiary/aromatic N) is 3. The van der Waals surface area contributed by atoms with Gasteiger partial charge in [-0.1, -0.05) is 19.9 Å². The molecule has 1 aromatic carbocycles. The topological polar surface area (TPSA) is 74.7 Å². The van der Waals surface area contributed by atoms with Gasteiger partial charge in [-0.2, -0.15) is 4.31 Å². The van der Waals surface area contributed by atoms with Gasteiger partial charge in [0, 0.05) is 49.8 Å². The summed E-state index contributed by atoms with van der Waals surface area (Å²) in [6, 6.07) is 10.7. The second kappa shape index (κ2) is 8.46. The standard InChI is InChI=1S/C20H28N4O3S/c1-4-24(5-2)28(26,27)18-9-6-8-17(14-18)21-20(25)15-23-13-12-22-11-7-10-19(22)16(23)3/h6-11,14,16H,4-5,12-13,15H2,1-3H3,(H,21,25). The monoisotopic (exact) mass is 404 g/mol. The van der Waals surface area contributed by atoms with Gasteiger partial charge in [-0.15, -0.1) is 0 Å². The fourth-order valence-electron chi connectivity index (χ4n) is 3.67. The molecule has 0 aliphatic carbocycles. The van der Waals surface area contributed by atoms with Crippen LogP contribution < -0.4 is 5.32 Å². The Morgan fingerprint density at radius 1 is 1.18 bits per heavy atom. The van der Waals surface area contributed by atoms with Gasteiger partial charge < -0.3 is 9.88 Å². The van der Waals surface area contributed by atoms with Crippen molar-refractivity contribution in [3.63, 3.8) is 0 Å². The molecule has 28 heavy (non-hydrogen) atoms. The van der Waals surface area contributed by atoms with E-state index in [-0.39, 0.29) is 23.4 Å². The predicted octanol–water partition coefficient (Wildman–Crippen LogP) is 2.53. The zero-order chi connectivity index (χ0) is 20.3. The molecule has 0 radical (unpaired) electrons. The Morgan fingerprint density at radius 3 is 2.64 bits per heavy atom. The molecule has 1 aliphatic heterocycles. The maximum atomic E-state index is 12.7. The van der Waals surface area contributed by atoms with Gasteiger partial charge in [-0.05, 0) is 37.3 Å². The molecule has 0 saturated heterocycles. The van der Waals surface area contributed by atoms with Gasteiger partial charge in [0.1, 0.15) is 0 Å². The first-order valence-corrected chi connectivity index (χ1v) is 11.1. The van der Waals surface area contributed by atoms with Gasteiger partial charge in [-0.25, -0.2) is 8.42 Å². The largest absolute Gasteiger partial charge is 0.349 e. The Balaban J connectivity index is 1.68. The molecule has 0 bridgehead atoms. The molecule has 1 aromatic heterocycles. The van der Waals surface area contributed by atoms with Crippen molar-refractivity contribution in [2.75, 3.05) is 31.5 Å². The predicted molar refractivity (Wildman–Crippen MR) is 110 cm³/mol. The molecule has 1 unspecified atom stereocenters. The molecule has 152 valence electrons. The summed E-state index contributed by atoms with van der Waals surface area (Å²) in [6.07, 6.45) is 2.06. The van der Waals surface area contributed by atoms with Crippen LogP contribution in [0, 0.1) is 0 Å². The van der Waals surface area contributed by atoms with E-state index in [2.05, 4.69) is 34.0 Å². The first-order chi connectivity index (χ1) is 13.4. The smallest absolute Gasteiger partial charge is 0.243 e. The molecule has 2 aromatic rings. The minimum Gasteiger partial charge on any atom is -0.349 e. The summed E-state index contributed by atoms with van der Waals surface area (Å²) >= 11 is 0. The maximum absolute atomic E-state index is 12.7. The number of fused-ring (bicyclic) bond motifs is 1. The zero-order valence-corrected chi connectivity index (χ0v) is 17.4. The molecule has 1 N–H and O–H groups in total. The third-order valence-electron chi connectivity index (χ3n) is 5.28. The van der Waals surface area contributed by atoms with Crippen LogP contribution in [0.4, 0.5) is 5.69 Å². The fourth-order valence-corrected chi connectivity index (χ4v) is 5.18. The number of carbonyl (C=O) groups excluding carboxylic acids is 1. The molecule has 3 rings (SSSR count). The van der Waals surface area contributed by atoms with E-state index >= 15 is 0 Å². The van der Waals surface area contributed by atoms with E-state index in [1.807, 2.05) is 19.9 Å². The maximum Gasteiger partial charge on any atom is 0.243 e. The van der Waals surface area contributed by atoms with E-state index in [0.717, 1.165) is 13.1 Å². The number of aromatic nitrogens is 1. The lowest BCUT2D eigenvalue weighted by molar-refractivity contribution is -0.118. The van der Waals surface area contributed by atoms with E-state index in [1.165, 1.54) is 16.1 Å². The van der Waals surface area contributed by atoms with Crippen LogP contribution in [0.15, 0.2) is 47.5 Å². The Labute approximate surface area is 167 Å². The average molecular weight is 405 g/mol. The van der Waals surface area contributed by atoms with Crippen molar-refractivity contribution in [1.82, 2.24) is 13.8 Å². The number of hydrogen-bond donors (Lipinski definition) is 1. The van der Waals surface area contributed by atoms with Crippen LogP contribution in [0.5, 0.6) is 0 Å².